The molecule has 0 amide bonds. The summed E-state index contributed by atoms with van der Waals surface area (Å²) in [5.74, 6) is -2.36. The zero-order chi connectivity index (χ0) is 40.1. The lowest BCUT2D eigenvalue weighted by atomic mass is 9.33. The highest BCUT2D eigenvalue weighted by molar-refractivity contribution is 5.87. The molecule has 54 heavy (non-hydrogen) atoms. The van der Waals surface area contributed by atoms with Gasteiger partial charge in [-0.15, -0.1) is 0 Å². The zero-order valence-corrected chi connectivity index (χ0v) is 33.1. The molecule has 0 spiro atoms. The van der Waals surface area contributed by atoms with Crippen molar-refractivity contribution in [3.05, 3.63) is 23.3 Å². The van der Waals surface area contributed by atoms with E-state index in [1.165, 1.54) is 0 Å². The van der Waals surface area contributed by atoms with E-state index in [-0.39, 0.29) is 41.8 Å². The van der Waals surface area contributed by atoms with Gasteiger partial charge >= 0.3 is 11.9 Å². The van der Waals surface area contributed by atoms with Crippen LogP contribution in [0.1, 0.15) is 100 Å². The van der Waals surface area contributed by atoms with E-state index in [0.717, 1.165) is 12.0 Å². The van der Waals surface area contributed by atoms with Gasteiger partial charge in [-0.3, -0.25) is 0 Å². The van der Waals surface area contributed by atoms with Crippen molar-refractivity contribution in [1.29, 1.82) is 0 Å². The number of aliphatic hydroxyl groups excluding tert-OH is 7. The van der Waals surface area contributed by atoms with Crippen molar-refractivity contribution < 1.29 is 64.7 Å². The van der Waals surface area contributed by atoms with Crippen LogP contribution in [0.2, 0.25) is 0 Å². The molecule has 1 heterocycles. The topological polar surface area (TPSA) is 224 Å². The maximum Gasteiger partial charge on any atom is 0.335 e. The molecule has 5 fully saturated rings. The van der Waals surface area contributed by atoms with Crippen LogP contribution in [0, 0.1) is 50.2 Å². The second kappa shape index (κ2) is 13.9. The van der Waals surface area contributed by atoms with E-state index < -0.39 is 88.7 Å². The Labute approximate surface area is 318 Å². The number of allylic oxidation sites excluding steroid dienone is 3. The smallest absolute Gasteiger partial charge is 0.335 e. The number of hydrogen-bond acceptors (Lipinski definition) is 12. The minimum absolute atomic E-state index is 0.0654. The summed E-state index contributed by atoms with van der Waals surface area (Å²) < 4.78 is 17.6. The van der Waals surface area contributed by atoms with Crippen molar-refractivity contribution in [3.63, 3.8) is 0 Å². The number of carbonyl (C=O) groups is 2. The van der Waals surface area contributed by atoms with Crippen molar-refractivity contribution >= 4 is 11.9 Å². The standard InChI is InChI=1S/C41H64O13/c1-9-20(2)34(51)52-19-41-22(16-36(3,4)31(47)32(41)48)21-10-11-24-37(5)14-13-26(53-35-29(46)27(44)28(45)30(54-35)33(49)50)38(6,18-42)23(37)12-15-39(24,7)40(21,8)17-25(41)43/h9-10,22-32,35,42-48H,11-19H2,1-8H3,(H,49,50)/b20-9+/t22-,23-,24+,25-,26-,27-,28-,29+,30-,31-,32-,35+,37-,38-,39+,40+,41-/m0/s1. The molecule has 0 aromatic heterocycles. The van der Waals surface area contributed by atoms with Crippen molar-refractivity contribution in [1.82, 2.24) is 0 Å². The minimum Gasteiger partial charge on any atom is -0.479 e. The Morgan fingerprint density at radius 1 is 0.907 bits per heavy atom. The first kappa shape index (κ1) is 41.7. The summed E-state index contributed by atoms with van der Waals surface area (Å²) in [5.41, 5.74) is -2.47. The molecule has 1 saturated heterocycles. The van der Waals surface area contributed by atoms with E-state index in [4.69, 9.17) is 14.2 Å². The summed E-state index contributed by atoms with van der Waals surface area (Å²) in [7, 11) is 0. The largest absolute Gasteiger partial charge is 0.479 e. The third-order valence-electron chi connectivity index (χ3n) is 16.5. The fourth-order valence-electron chi connectivity index (χ4n) is 12.8. The normalized spacial score (nSPS) is 51.5. The fraction of sp³-hybridized carbons (Fsp3) is 0.854. The van der Waals surface area contributed by atoms with Crippen molar-refractivity contribution in [3.8, 4) is 0 Å². The van der Waals surface area contributed by atoms with Crippen molar-refractivity contribution in [2.45, 2.75) is 155 Å². The Morgan fingerprint density at radius 3 is 2.19 bits per heavy atom. The third-order valence-corrected chi connectivity index (χ3v) is 16.5. The lowest BCUT2D eigenvalue weighted by Gasteiger charge is -2.72. The van der Waals surface area contributed by atoms with E-state index in [1.54, 1.807) is 19.9 Å². The monoisotopic (exact) mass is 764 g/mol. The van der Waals surface area contributed by atoms with Gasteiger partial charge in [0.1, 0.15) is 24.9 Å². The van der Waals surface area contributed by atoms with Gasteiger partial charge in [-0.05, 0) is 98.2 Å². The Hall–Kier alpha value is -1.94. The molecule has 17 atom stereocenters. The molecule has 4 saturated carbocycles. The molecule has 6 rings (SSSR count). The highest BCUT2D eigenvalue weighted by Gasteiger charge is 2.73. The Balaban J connectivity index is 1.34. The second-order valence-corrected chi connectivity index (χ2v) is 19.4. The number of hydrogen-bond donors (Lipinski definition) is 8. The van der Waals surface area contributed by atoms with Gasteiger partial charge in [0.15, 0.2) is 12.4 Å². The molecule has 13 heteroatoms. The van der Waals surface area contributed by atoms with Gasteiger partial charge < -0.3 is 55.1 Å². The third kappa shape index (κ3) is 5.73. The number of esters is 1. The number of ether oxygens (including phenoxy) is 3. The summed E-state index contributed by atoms with van der Waals surface area (Å²) in [6.07, 6.45) is -4.89. The summed E-state index contributed by atoms with van der Waals surface area (Å²) >= 11 is 0. The number of fused-ring (bicyclic) bond motifs is 7. The molecule has 1 aliphatic heterocycles. The van der Waals surface area contributed by atoms with Crippen LogP contribution in [-0.4, -0.2) is 121 Å². The summed E-state index contributed by atoms with van der Waals surface area (Å²) in [6, 6.07) is 0. The SMILES string of the molecule is C/C=C(\C)C(=O)OC[C@@]12[C@@H](O)C[C@]3(C)C(=CC[C@@H]4[C@@]5(C)CC[C@H](O[C@@H]6O[C@H](C(=O)O)[C@@H](O)[C@H](O)[C@H]6O)[C@@](C)(CO)[C@H]5CC[C@]43C)[C@@H]1CC(C)(C)[C@@H](O)[C@@H]2O. The van der Waals surface area contributed by atoms with Crippen LogP contribution in [0.3, 0.4) is 0 Å². The van der Waals surface area contributed by atoms with Crippen molar-refractivity contribution in [2.75, 3.05) is 13.2 Å². The van der Waals surface area contributed by atoms with Crippen LogP contribution in [0.15, 0.2) is 23.3 Å². The molecule has 0 bridgehead atoms. The molecule has 5 aliphatic carbocycles. The van der Waals surface area contributed by atoms with Gasteiger partial charge in [0, 0.05) is 11.0 Å². The predicted octanol–water partition coefficient (Wildman–Crippen LogP) is 2.46. The number of carbonyl (C=O) groups excluding carboxylic acids is 1. The second-order valence-electron chi connectivity index (χ2n) is 19.4. The summed E-state index contributed by atoms with van der Waals surface area (Å²) in [6.45, 7) is 15.5. The van der Waals surface area contributed by atoms with Crippen molar-refractivity contribution in [2.24, 2.45) is 50.2 Å². The highest BCUT2D eigenvalue weighted by atomic mass is 16.7. The number of aliphatic hydroxyl groups is 7. The molecule has 0 radical (unpaired) electrons. The molecule has 0 aromatic rings. The lowest BCUT2D eigenvalue weighted by molar-refractivity contribution is -0.328. The molecule has 0 aromatic carbocycles. The predicted molar refractivity (Wildman–Crippen MR) is 194 cm³/mol. The molecule has 13 nitrogen and oxygen atoms in total. The quantitative estimate of drug-likeness (QED) is 0.0809. The van der Waals surface area contributed by atoms with Gasteiger partial charge in [-0.2, -0.15) is 0 Å². The van der Waals surface area contributed by atoms with E-state index >= 15 is 0 Å². The van der Waals surface area contributed by atoms with Crippen LogP contribution < -0.4 is 0 Å². The molecular formula is C41H64O13. The van der Waals surface area contributed by atoms with E-state index in [1.807, 2.05) is 20.8 Å². The first-order chi connectivity index (χ1) is 25.0. The lowest BCUT2D eigenvalue weighted by Crippen LogP contribution is -2.72. The molecule has 0 unspecified atom stereocenters. The van der Waals surface area contributed by atoms with Crippen LogP contribution in [0.5, 0.6) is 0 Å². The zero-order valence-electron chi connectivity index (χ0n) is 33.1. The number of aliphatic carboxylic acids is 1. The molecular weight excluding hydrogens is 700 g/mol. The van der Waals surface area contributed by atoms with Crippen LogP contribution >= 0.6 is 0 Å². The van der Waals surface area contributed by atoms with E-state index in [2.05, 4.69) is 26.8 Å². The number of carboxylic acids is 1. The Kier molecular flexibility index (Phi) is 10.7. The Bertz CT molecular complexity index is 1540. The molecule has 6 aliphatic rings. The van der Waals surface area contributed by atoms with Gasteiger partial charge in [0.05, 0.1) is 36.4 Å². The Morgan fingerprint density at radius 2 is 1.57 bits per heavy atom. The molecule has 306 valence electrons. The van der Waals surface area contributed by atoms with Gasteiger partial charge in [-0.1, -0.05) is 59.3 Å². The molecule has 8 N–H and O–H groups in total. The minimum atomic E-state index is -1.84. The first-order valence-corrected chi connectivity index (χ1v) is 19.8. The number of rotatable bonds is 7. The maximum atomic E-state index is 12.9. The van der Waals surface area contributed by atoms with Gasteiger partial charge in [0.25, 0.3) is 0 Å². The first-order valence-electron chi connectivity index (χ1n) is 19.8. The average Bonchev–Trinajstić information content (AvgIpc) is 3.11. The van der Waals surface area contributed by atoms with Gasteiger partial charge in [-0.25, -0.2) is 9.59 Å². The van der Waals surface area contributed by atoms with Crippen LogP contribution in [0.4, 0.5) is 0 Å². The average molecular weight is 765 g/mol. The van der Waals surface area contributed by atoms with Crippen LogP contribution in [-0.2, 0) is 23.8 Å². The highest BCUT2D eigenvalue weighted by Crippen LogP contribution is 2.76. The summed E-state index contributed by atoms with van der Waals surface area (Å²) in [5, 5.41) is 88.0. The van der Waals surface area contributed by atoms with Crippen LogP contribution in [0.25, 0.3) is 0 Å². The van der Waals surface area contributed by atoms with E-state index in [9.17, 15) is 50.4 Å². The summed E-state index contributed by atoms with van der Waals surface area (Å²) in [4.78, 5) is 24.7. The number of carboxylic acid groups (broad SMARTS) is 1. The maximum absolute atomic E-state index is 12.9. The van der Waals surface area contributed by atoms with E-state index in [0.29, 0.717) is 44.1 Å². The fourth-order valence-corrected chi connectivity index (χ4v) is 12.8. The van der Waals surface area contributed by atoms with Gasteiger partial charge in [0.2, 0.25) is 0 Å².